The summed E-state index contributed by atoms with van der Waals surface area (Å²) in [4.78, 5) is 20.2. The highest BCUT2D eigenvalue weighted by Gasteiger charge is 2.25. The number of likely N-dealkylation sites (tertiary alicyclic amines) is 1. The zero-order chi connectivity index (χ0) is 25.1. The Labute approximate surface area is 213 Å². The molecule has 1 atom stereocenters. The van der Waals surface area contributed by atoms with Crippen molar-refractivity contribution in [2.45, 2.75) is 48.7 Å². The van der Waals surface area contributed by atoms with Gasteiger partial charge in [-0.3, -0.25) is 14.8 Å². The fraction of sp³-hybridized carbons (Fsp3) is 0.360. The van der Waals surface area contributed by atoms with Gasteiger partial charge in [0.2, 0.25) is 11.1 Å². The fourth-order valence-corrected chi connectivity index (χ4v) is 5.02. The number of hydrogen-bond acceptors (Lipinski definition) is 8. The lowest BCUT2D eigenvalue weighted by molar-refractivity contribution is -0.117. The van der Waals surface area contributed by atoms with Gasteiger partial charge in [0.05, 0.1) is 13.2 Å². The standard InChI is InChI=1S/C25H30N8O2S/c1-16(2)20-13-22(30-29-20)27-24-21-6-4-12-33(21)31-25(28-24)36-19-9-7-17(8-10-19)26-23(35)14-32-11-3-5-18(32)15-34/h4,6-10,12-13,16,18,34H,3,5,11,14-15H2,1-2H3,(H,26,35)(H2,27,28,29,30,31)/t18-/m0/s1. The number of carbonyl (C=O) groups is 1. The van der Waals surface area contributed by atoms with Crippen LogP contribution in [0.1, 0.15) is 38.3 Å². The van der Waals surface area contributed by atoms with Crippen LogP contribution in [0.2, 0.25) is 0 Å². The van der Waals surface area contributed by atoms with Gasteiger partial charge in [-0.2, -0.15) is 5.10 Å². The number of aromatic nitrogens is 5. The van der Waals surface area contributed by atoms with E-state index in [4.69, 9.17) is 4.98 Å². The highest BCUT2D eigenvalue weighted by molar-refractivity contribution is 7.99. The lowest BCUT2D eigenvalue weighted by Crippen LogP contribution is -2.38. The van der Waals surface area contributed by atoms with Crippen molar-refractivity contribution in [3.63, 3.8) is 0 Å². The molecule has 1 amide bonds. The molecule has 1 saturated heterocycles. The second kappa shape index (κ2) is 10.7. The zero-order valence-electron chi connectivity index (χ0n) is 20.3. The second-order valence-corrected chi connectivity index (χ2v) is 10.2. The van der Waals surface area contributed by atoms with Gasteiger partial charge in [0.15, 0.2) is 11.6 Å². The van der Waals surface area contributed by atoms with Gasteiger partial charge in [-0.05, 0) is 73.5 Å². The van der Waals surface area contributed by atoms with Crippen molar-refractivity contribution >= 4 is 40.5 Å². The molecule has 1 aliphatic rings. The van der Waals surface area contributed by atoms with E-state index >= 15 is 0 Å². The Hall–Kier alpha value is -3.41. The Balaban J connectivity index is 1.26. The van der Waals surface area contributed by atoms with Gasteiger partial charge in [0, 0.05) is 34.6 Å². The van der Waals surface area contributed by atoms with Crippen LogP contribution in [0.25, 0.3) is 5.52 Å². The average molecular weight is 507 g/mol. The van der Waals surface area contributed by atoms with E-state index in [0.717, 1.165) is 41.2 Å². The van der Waals surface area contributed by atoms with E-state index in [1.54, 1.807) is 4.52 Å². The van der Waals surface area contributed by atoms with Crippen LogP contribution in [0, 0.1) is 0 Å². The number of aliphatic hydroxyl groups excluding tert-OH is 1. The number of benzene rings is 1. The molecule has 188 valence electrons. The van der Waals surface area contributed by atoms with Crippen molar-refractivity contribution < 1.29 is 9.90 Å². The molecular weight excluding hydrogens is 476 g/mol. The van der Waals surface area contributed by atoms with Gasteiger partial charge in [0.1, 0.15) is 5.52 Å². The molecule has 0 spiro atoms. The van der Waals surface area contributed by atoms with E-state index in [9.17, 15) is 9.90 Å². The smallest absolute Gasteiger partial charge is 0.238 e. The summed E-state index contributed by atoms with van der Waals surface area (Å²) in [6.07, 6.45) is 3.83. The summed E-state index contributed by atoms with van der Waals surface area (Å²) in [6.45, 7) is 5.44. The minimum atomic E-state index is -0.0770. The Bertz CT molecular complexity index is 1330. The summed E-state index contributed by atoms with van der Waals surface area (Å²) >= 11 is 1.44. The highest BCUT2D eigenvalue weighted by Crippen LogP contribution is 2.29. The first-order valence-electron chi connectivity index (χ1n) is 12.1. The molecule has 1 aliphatic heterocycles. The predicted molar refractivity (Wildman–Crippen MR) is 140 cm³/mol. The number of aromatic amines is 1. The minimum absolute atomic E-state index is 0.0770. The van der Waals surface area contributed by atoms with Crippen molar-refractivity contribution in [2.75, 3.05) is 30.3 Å². The SMILES string of the molecule is CC(C)c1cc(Nc2nc(Sc3ccc(NC(=O)CN4CCC[C@H]4CO)cc3)nn3cccc23)n[nH]1. The van der Waals surface area contributed by atoms with E-state index in [1.807, 2.05) is 53.6 Å². The number of carbonyl (C=O) groups excluding carboxylic acids is 1. The van der Waals surface area contributed by atoms with Crippen molar-refractivity contribution in [2.24, 2.45) is 0 Å². The molecule has 0 bridgehead atoms. The van der Waals surface area contributed by atoms with E-state index < -0.39 is 0 Å². The van der Waals surface area contributed by atoms with Crippen LogP contribution in [0.4, 0.5) is 17.3 Å². The topological polar surface area (TPSA) is 123 Å². The first kappa shape index (κ1) is 24.3. The number of nitrogens with zero attached hydrogens (tertiary/aromatic N) is 5. The second-order valence-electron chi connectivity index (χ2n) is 9.19. The number of aliphatic hydroxyl groups is 1. The number of fused-ring (bicyclic) bond motifs is 1. The summed E-state index contributed by atoms with van der Waals surface area (Å²) in [6, 6.07) is 13.6. The maximum atomic E-state index is 12.5. The molecule has 10 nitrogen and oxygen atoms in total. The molecule has 0 radical (unpaired) electrons. The van der Waals surface area contributed by atoms with E-state index in [0.29, 0.717) is 22.7 Å². The van der Waals surface area contributed by atoms with Gasteiger partial charge >= 0.3 is 0 Å². The van der Waals surface area contributed by atoms with Crippen molar-refractivity contribution in [1.29, 1.82) is 0 Å². The molecule has 4 heterocycles. The van der Waals surface area contributed by atoms with Gasteiger partial charge in [-0.25, -0.2) is 9.50 Å². The third kappa shape index (κ3) is 5.53. The molecule has 4 N–H and O–H groups in total. The van der Waals surface area contributed by atoms with Gasteiger partial charge in [-0.1, -0.05) is 13.8 Å². The first-order chi connectivity index (χ1) is 17.5. The lowest BCUT2D eigenvalue weighted by Gasteiger charge is -2.21. The normalized spacial score (nSPS) is 16.2. The van der Waals surface area contributed by atoms with Gasteiger partial charge < -0.3 is 15.7 Å². The number of rotatable bonds is 9. The summed E-state index contributed by atoms with van der Waals surface area (Å²) < 4.78 is 1.79. The van der Waals surface area contributed by atoms with Crippen LogP contribution in [0.15, 0.2) is 58.7 Å². The molecule has 11 heteroatoms. The van der Waals surface area contributed by atoms with E-state index in [-0.39, 0.29) is 25.1 Å². The molecule has 0 aliphatic carbocycles. The van der Waals surface area contributed by atoms with Crippen LogP contribution >= 0.6 is 11.8 Å². The van der Waals surface area contributed by atoms with Gasteiger partial charge in [-0.15, -0.1) is 5.10 Å². The molecule has 1 fully saturated rings. The van der Waals surface area contributed by atoms with E-state index in [1.165, 1.54) is 11.8 Å². The Morgan fingerprint density at radius 1 is 1.28 bits per heavy atom. The number of anilines is 3. The van der Waals surface area contributed by atoms with Crippen LogP contribution in [-0.2, 0) is 4.79 Å². The van der Waals surface area contributed by atoms with Crippen LogP contribution in [0.5, 0.6) is 0 Å². The third-order valence-electron chi connectivity index (χ3n) is 6.24. The van der Waals surface area contributed by atoms with Crippen molar-refractivity contribution in [3.05, 3.63) is 54.4 Å². The number of amides is 1. The molecule has 3 aromatic heterocycles. The Morgan fingerprint density at radius 3 is 2.86 bits per heavy atom. The maximum Gasteiger partial charge on any atom is 0.238 e. The number of nitrogens with one attached hydrogen (secondary N) is 3. The van der Waals surface area contributed by atoms with Crippen LogP contribution in [0.3, 0.4) is 0 Å². The minimum Gasteiger partial charge on any atom is -0.395 e. The third-order valence-corrected chi connectivity index (χ3v) is 7.10. The van der Waals surface area contributed by atoms with E-state index in [2.05, 4.69) is 39.8 Å². The van der Waals surface area contributed by atoms with Crippen molar-refractivity contribution in [3.8, 4) is 0 Å². The lowest BCUT2D eigenvalue weighted by atomic mass is 10.1. The highest BCUT2D eigenvalue weighted by atomic mass is 32.2. The fourth-order valence-electron chi connectivity index (χ4n) is 4.27. The number of hydrogen-bond donors (Lipinski definition) is 4. The van der Waals surface area contributed by atoms with Crippen LogP contribution < -0.4 is 10.6 Å². The largest absolute Gasteiger partial charge is 0.395 e. The summed E-state index contributed by atoms with van der Waals surface area (Å²) in [5.41, 5.74) is 2.63. The molecule has 0 unspecified atom stereocenters. The average Bonchev–Trinajstić information content (AvgIpc) is 3.61. The van der Waals surface area contributed by atoms with Crippen molar-refractivity contribution in [1.82, 2.24) is 29.7 Å². The summed E-state index contributed by atoms with van der Waals surface area (Å²) in [7, 11) is 0. The Kier molecular flexibility index (Phi) is 7.21. The molecular formula is C25H30N8O2S. The summed E-state index contributed by atoms with van der Waals surface area (Å²) in [5, 5.41) is 28.3. The first-order valence-corrected chi connectivity index (χ1v) is 12.9. The zero-order valence-corrected chi connectivity index (χ0v) is 21.1. The molecule has 0 saturated carbocycles. The molecule has 36 heavy (non-hydrogen) atoms. The predicted octanol–water partition coefficient (Wildman–Crippen LogP) is 3.87. The molecule has 4 aromatic rings. The van der Waals surface area contributed by atoms with Gasteiger partial charge in [0.25, 0.3) is 0 Å². The molecule has 5 rings (SSSR count). The molecule has 1 aromatic carbocycles. The summed E-state index contributed by atoms with van der Waals surface area (Å²) in [5.74, 6) is 1.65. The Morgan fingerprint density at radius 2 is 2.11 bits per heavy atom. The van der Waals surface area contributed by atoms with Crippen LogP contribution in [-0.4, -0.2) is 66.4 Å². The maximum absolute atomic E-state index is 12.5. The number of H-pyrrole nitrogens is 1. The quantitative estimate of drug-likeness (QED) is 0.270. The monoisotopic (exact) mass is 506 g/mol.